The van der Waals surface area contributed by atoms with Crippen LogP contribution >= 0.6 is 27.5 Å². The van der Waals surface area contributed by atoms with E-state index in [1.54, 1.807) is 47.0 Å². The van der Waals surface area contributed by atoms with E-state index in [2.05, 4.69) is 21.2 Å². The summed E-state index contributed by atoms with van der Waals surface area (Å²) in [5.41, 5.74) is 3.16. The van der Waals surface area contributed by atoms with Gasteiger partial charge in [0.1, 0.15) is 11.5 Å². The number of carbonyl (C=O) groups excluding carboxylic acids is 2. The third-order valence-corrected chi connectivity index (χ3v) is 5.59. The van der Waals surface area contributed by atoms with Crippen molar-refractivity contribution >= 4 is 51.2 Å². The number of hydrogen-bond acceptors (Lipinski definition) is 2. The van der Waals surface area contributed by atoms with Crippen LogP contribution in [0.25, 0.3) is 11.8 Å². The summed E-state index contributed by atoms with van der Waals surface area (Å²) >= 11 is 9.25. The fourth-order valence-electron chi connectivity index (χ4n) is 3.51. The van der Waals surface area contributed by atoms with E-state index in [0.29, 0.717) is 26.4 Å². The number of amides is 3. The summed E-state index contributed by atoms with van der Waals surface area (Å²) in [5, 5.41) is 3.02. The zero-order chi connectivity index (χ0) is 21.6. The fraction of sp³-hybridized carbons (Fsp3) is 0.0909. The van der Waals surface area contributed by atoms with E-state index in [9.17, 15) is 14.0 Å². The minimum atomic E-state index is -0.554. The Kier molecular flexibility index (Phi) is 5.26. The van der Waals surface area contributed by atoms with Crippen LogP contribution in [0.4, 0.5) is 14.9 Å². The lowest BCUT2D eigenvalue weighted by molar-refractivity contribution is -0.113. The Morgan fingerprint density at radius 3 is 2.57 bits per heavy atom. The van der Waals surface area contributed by atoms with Gasteiger partial charge in [-0.25, -0.2) is 14.1 Å². The molecule has 0 saturated carbocycles. The van der Waals surface area contributed by atoms with Gasteiger partial charge < -0.3 is 9.88 Å². The van der Waals surface area contributed by atoms with Crippen LogP contribution in [0.2, 0.25) is 5.02 Å². The molecular weight excluding hydrogens is 473 g/mol. The van der Waals surface area contributed by atoms with Crippen molar-refractivity contribution < 1.29 is 14.0 Å². The van der Waals surface area contributed by atoms with E-state index in [1.165, 1.54) is 6.07 Å². The molecule has 2 heterocycles. The number of hydrogen-bond donors (Lipinski definition) is 1. The van der Waals surface area contributed by atoms with Crippen molar-refractivity contribution in [3.63, 3.8) is 0 Å². The second-order valence-electron chi connectivity index (χ2n) is 6.87. The highest BCUT2D eigenvalue weighted by Crippen LogP contribution is 2.28. The maximum atomic E-state index is 14.5. The van der Waals surface area contributed by atoms with Crippen molar-refractivity contribution in [1.82, 2.24) is 9.88 Å². The lowest BCUT2D eigenvalue weighted by Crippen LogP contribution is -2.30. The van der Waals surface area contributed by atoms with Crippen molar-refractivity contribution in [1.29, 1.82) is 0 Å². The Balaban J connectivity index is 1.72. The normalized spacial score (nSPS) is 15.2. The summed E-state index contributed by atoms with van der Waals surface area (Å²) < 4.78 is 16.9. The summed E-state index contributed by atoms with van der Waals surface area (Å²) in [6, 6.07) is 12.6. The molecule has 8 heteroatoms. The van der Waals surface area contributed by atoms with Gasteiger partial charge in [-0.3, -0.25) is 4.79 Å². The molecule has 2 aromatic carbocycles. The molecule has 3 aromatic rings. The van der Waals surface area contributed by atoms with Gasteiger partial charge in [0, 0.05) is 20.9 Å². The van der Waals surface area contributed by atoms with Crippen LogP contribution in [0.1, 0.15) is 17.0 Å². The molecule has 1 fully saturated rings. The molecule has 1 aromatic heterocycles. The van der Waals surface area contributed by atoms with Crippen LogP contribution in [-0.2, 0) is 4.79 Å². The monoisotopic (exact) mass is 487 g/mol. The number of aromatic nitrogens is 1. The minimum Gasteiger partial charge on any atom is -0.315 e. The number of imide groups is 1. The highest BCUT2D eigenvalue weighted by Gasteiger charge is 2.35. The minimum absolute atomic E-state index is 0.136. The highest BCUT2D eigenvalue weighted by molar-refractivity contribution is 9.10. The molecule has 0 spiro atoms. The van der Waals surface area contributed by atoms with Gasteiger partial charge in [0.2, 0.25) is 0 Å². The van der Waals surface area contributed by atoms with Gasteiger partial charge in [-0.2, -0.15) is 0 Å². The van der Waals surface area contributed by atoms with E-state index in [-0.39, 0.29) is 11.5 Å². The number of nitrogens with zero attached hydrogens (tertiary/aromatic N) is 2. The molecule has 0 aliphatic carbocycles. The van der Waals surface area contributed by atoms with Gasteiger partial charge in [-0.15, -0.1) is 0 Å². The number of carbonyl (C=O) groups is 2. The van der Waals surface area contributed by atoms with Gasteiger partial charge in [-0.05, 0) is 68.0 Å². The van der Waals surface area contributed by atoms with E-state index >= 15 is 0 Å². The molecule has 5 nitrogen and oxygen atoms in total. The fourth-order valence-corrected chi connectivity index (χ4v) is 4.03. The Morgan fingerprint density at radius 2 is 1.87 bits per heavy atom. The average molecular weight is 489 g/mol. The maximum absolute atomic E-state index is 14.5. The summed E-state index contributed by atoms with van der Waals surface area (Å²) in [4.78, 5) is 26.3. The largest absolute Gasteiger partial charge is 0.333 e. The first-order chi connectivity index (χ1) is 14.3. The van der Waals surface area contributed by atoms with Crippen molar-refractivity contribution in [2.24, 2.45) is 0 Å². The molecule has 152 valence electrons. The third kappa shape index (κ3) is 3.55. The molecule has 30 heavy (non-hydrogen) atoms. The smallest absolute Gasteiger partial charge is 0.315 e. The van der Waals surface area contributed by atoms with Crippen LogP contribution in [-0.4, -0.2) is 16.5 Å². The first-order valence-corrected chi connectivity index (χ1v) is 10.2. The van der Waals surface area contributed by atoms with Crippen molar-refractivity contribution in [2.45, 2.75) is 13.8 Å². The number of halogens is 3. The van der Waals surface area contributed by atoms with Gasteiger partial charge in [0.05, 0.1) is 11.4 Å². The zero-order valence-electron chi connectivity index (χ0n) is 16.0. The molecule has 0 radical (unpaired) electrons. The molecule has 4 rings (SSSR count). The van der Waals surface area contributed by atoms with Crippen LogP contribution in [0, 0.1) is 19.7 Å². The Morgan fingerprint density at radius 1 is 1.10 bits per heavy atom. The van der Waals surface area contributed by atoms with Crippen LogP contribution < -0.4 is 10.2 Å². The van der Waals surface area contributed by atoms with Crippen LogP contribution in [0.3, 0.4) is 0 Å². The number of anilines is 1. The summed E-state index contributed by atoms with van der Waals surface area (Å²) in [5.74, 6) is -0.857. The van der Waals surface area contributed by atoms with Crippen LogP contribution in [0.5, 0.6) is 0 Å². The van der Waals surface area contributed by atoms with Crippen molar-refractivity contribution in [2.75, 3.05) is 4.90 Å². The molecule has 1 saturated heterocycles. The second kappa shape index (κ2) is 7.74. The summed E-state index contributed by atoms with van der Waals surface area (Å²) in [6.45, 7) is 3.68. The first-order valence-electron chi connectivity index (χ1n) is 9.03. The number of aryl methyl sites for hydroxylation is 1. The first kappa shape index (κ1) is 20.4. The van der Waals surface area contributed by atoms with E-state index in [1.807, 2.05) is 19.9 Å². The van der Waals surface area contributed by atoms with Gasteiger partial charge in [-0.1, -0.05) is 33.6 Å². The standard InChI is InChI=1S/C22H16BrClFN3O2/c1-12-8-14(13(2)27(12)20-7-6-15(23)10-18(20)25)9-19-21(29)28(22(30)26-19)17-5-3-4-16(24)11-17/h3-11H,1-2H3,(H,26,30)/b19-9+. The van der Waals surface area contributed by atoms with Gasteiger partial charge in [0.25, 0.3) is 5.91 Å². The summed E-state index contributed by atoms with van der Waals surface area (Å²) in [6.07, 6.45) is 1.60. The van der Waals surface area contributed by atoms with Crippen molar-refractivity contribution in [3.8, 4) is 5.69 Å². The number of rotatable bonds is 3. The molecular formula is C22H16BrClFN3O2. The number of nitrogens with one attached hydrogen (secondary N) is 1. The lowest BCUT2D eigenvalue weighted by Gasteiger charge is -2.11. The van der Waals surface area contributed by atoms with Crippen LogP contribution in [0.15, 0.2) is 58.7 Å². The molecule has 0 bridgehead atoms. The topological polar surface area (TPSA) is 54.3 Å². The molecule has 0 atom stereocenters. The molecule has 1 aliphatic heterocycles. The van der Waals surface area contributed by atoms with E-state index in [4.69, 9.17) is 11.6 Å². The Labute approximate surface area is 185 Å². The van der Waals surface area contributed by atoms with Gasteiger partial charge >= 0.3 is 6.03 Å². The average Bonchev–Trinajstić information content (AvgIpc) is 3.11. The maximum Gasteiger partial charge on any atom is 0.333 e. The SMILES string of the molecule is Cc1cc(/C=C2/NC(=O)N(c3cccc(Cl)c3)C2=O)c(C)n1-c1ccc(Br)cc1F. The number of urea groups is 1. The third-order valence-electron chi connectivity index (χ3n) is 4.87. The molecule has 1 aliphatic rings. The summed E-state index contributed by atoms with van der Waals surface area (Å²) in [7, 11) is 0. The van der Waals surface area contributed by atoms with E-state index < -0.39 is 11.9 Å². The zero-order valence-corrected chi connectivity index (χ0v) is 18.4. The van der Waals surface area contributed by atoms with E-state index in [0.717, 1.165) is 16.3 Å². The number of benzene rings is 2. The predicted octanol–water partition coefficient (Wildman–Crippen LogP) is 5.75. The quantitative estimate of drug-likeness (QED) is 0.377. The Bertz CT molecular complexity index is 1240. The second-order valence-corrected chi connectivity index (χ2v) is 8.22. The Hall–Kier alpha value is -2.90. The highest BCUT2D eigenvalue weighted by atomic mass is 79.9. The molecule has 0 unspecified atom stereocenters. The lowest BCUT2D eigenvalue weighted by atomic mass is 10.2. The van der Waals surface area contributed by atoms with Gasteiger partial charge in [0.15, 0.2) is 0 Å². The molecule has 3 amide bonds. The van der Waals surface area contributed by atoms with Crippen molar-refractivity contribution in [3.05, 3.63) is 86.5 Å². The predicted molar refractivity (Wildman–Crippen MR) is 118 cm³/mol. The molecule has 1 N–H and O–H groups in total.